The van der Waals surface area contributed by atoms with Crippen molar-refractivity contribution in [3.8, 4) is 0 Å². The molecule has 2 heteroatoms. The fraction of sp³-hybridized carbons (Fsp3) is 1.00. The van der Waals surface area contributed by atoms with Crippen LogP contribution in [-0.2, 0) is 4.74 Å². The summed E-state index contributed by atoms with van der Waals surface area (Å²) in [5.41, 5.74) is 0.181. The summed E-state index contributed by atoms with van der Waals surface area (Å²) in [5, 5.41) is 0.972. The van der Waals surface area contributed by atoms with Gasteiger partial charge in [0.05, 0.1) is 12.2 Å². The van der Waals surface area contributed by atoms with Gasteiger partial charge < -0.3 is 4.74 Å². The molecule has 0 bridgehead atoms. The molecule has 0 aliphatic carbocycles. The average molecular weight is 165 g/mol. The summed E-state index contributed by atoms with van der Waals surface area (Å²) in [6.07, 6.45) is 1.21. The van der Waals surface area contributed by atoms with Crippen molar-refractivity contribution in [2.24, 2.45) is 0 Å². The molecule has 0 radical (unpaired) electrons. The van der Waals surface area contributed by atoms with Crippen LogP contribution in [0.25, 0.3) is 0 Å². The first-order valence-electron chi connectivity index (χ1n) is 2.47. The Bertz CT molecular complexity index is 63.0. The Morgan fingerprint density at radius 1 is 1.86 bits per heavy atom. The van der Waals surface area contributed by atoms with Crippen molar-refractivity contribution in [2.45, 2.75) is 18.9 Å². The van der Waals surface area contributed by atoms with Gasteiger partial charge in [-0.1, -0.05) is 15.9 Å². The lowest BCUT2D eigenvalue weighted by atomic mass is 10.0. The maximum atomic E-state index is 5.22. The van der Waals surface area contributed by atoms with E-state index < -0.39 is 0 Å². The highest BCUT2D eigenvalue weighted by molar-refractivity contribution is 9.09. The van der Waals surface area contributed by atoms with Crippen molar-refractivity contribution in [1.82, 2.24) is 0 Å². The Hall–Kier alpha value is 0.440. The molecule has 0 spiro atoms. The molecule has 1 fully saturated rings. The van der Waals surface area contributed by atoms with E-state index in [1.807, 2.05) is 0 Å². The van der Waals surface area contributed by atoms with E-state index in [0.717, 1.165) is 11.9 Å². The second kappa shape index (κ2) is 1.75. The van der Waals surface area contributed by atoms with Crippen molar-refractivity contribution in [2.75, 3.05) is 11.9 Å². The highest BCUT2D eigenvalue weighted by atomic mass is 79.9. The first-order chi connectivity index (χ1) is 3.27. The van der Waals surface area contributed by atoms with Crippen LogP contribution in [0.15, 0.2) is 0 Å². The van der Waals surface area contributed by atoms with Gasteiger partial charge in [-0.25, -0.2) is 0 Å². The molecule has 1 nitrogen and oxygen atoms in total. The minimum absolute atomic E-state index is 0.181. The lowest BCUT2D eigenvalue weighted by Crippen LogP contribution is -2.41. The molecule has 0 saturated carbocycles. The number of ether oxygens (including phenoxy) is 1. The van der Waals surface area contributed by atoms with Crippen molar-refractivity contribution in [3.05, 3.63) is 0 Å². The van der Waals surface area contributed by atoms with Gasteiger partial charge in [-0.15, -0.1) is 0 Å². The third kappa shape index (κ3) is 0.970. The summed E-state index contributed by atoms with van der Waals surface area (Å²) < 4.78 is 5.22. The number of halogens is 1. The third-order valence-electron chi connectivity index (χ3n) is 1.36. The second-order valence-corrected chi connectivity index (χ2v) is 2.74. The van der Waals surface area contributed by atoms with E-state index in [9.17, 15) is 0 Å². The van der Waals surface area contributed by atoms with Gasteiger partial charge >= 0.3 is 0 Å². The van der Waals surface area contributed by atoms with Crippen molar-refractivity contribution < 1.29 is 4.74 Å². The van der Waals surface area contributed by atoms with E-state index in [4.69, 9.17) is 4.74 Å². The van der Waals surface area contributed by atoms with Gasteiger partial charge in [0.15, 0.2) is 0 Å². The van der Waals surface area contributed by atoms with Crippen LogP contribution >= 0.6 is 15.9 Å². The highest BCUT2D eigenvalue weighted by Gasteiger charge is 2.31. The molecule has 0 amide bonds. The highest BCUT2D eigenvalue weighted by Crippen LogP contribution is 2.26. The minimum atomic E-state index is 0.181. The average Bonchev–Trinajstić information content (AvgIpc) is 1.61. The van der Waals surface area contributed by atoms with Gasteiger partial charge in [-0.3, -0.25) is 0 Å². The summed E-state index contributed by atoms with van der Waals surface area (Å²) in [5.74, 6) is 0. The van der Waals surface area contributed by atoms with Gasteiger partial charge in [0.25, 0.3) is 0 Å². The van der Waals surface area contributed by atoms with E-state index in [2.05, 4.69) is 22.9 Å². The molecule has 0 N–H and O–H groups in total. The SMILES string of the molecule is C[C@@]1(CBr)CCO1. The Kier molecular flexibility index (Phi) is 1.39. The van der Waals surface area contributed by atoms with Crippen LogP contribution in [0.4, 0.5) is 0 Å². The molecule has 0 unspecified atom stereocenters. The molecule has 0 aromatic carbocycles. The molecule has 1 rings (SSSR count). The Balaban J connectivity index is 2.29. The summed E-state index contributed by atoms with van der Waals surface area (Å²) >= 11 is 3.36. The Labute approximate surface area is 52.2 Å². The van der Waals surface area contributed by atoms with E-state index >= 15 is 0 Å². The van der Waals surface area contributed by atoms with Crippen LogP contribution in [0, 0.1) is 0 Å². The van der Waals surface area contributed by atoms with E-state index in [1.165, 1.54) is 6.42 Å². The molecule has 42 valence electrons. The van der Waals surface area contributed by atoms with E-state index in [-0.39, 0.29) is 5.60 Å². The monoisotopic (exact) mass is 164 g/mol. The molecule has 0 aromatic heterocycles. The molecule has 1 aliphatic rings. The van der Waals surface area contributed by atoms with Gasteiger partial charge in [0.1, 0.15) is 0 Å². The third-order valence-corrected chi connectivity index (χ3v) is 2.55. The zero-order valence-corrected chi connectivity index (χ0v) is 5.99. The van der Waals surface area contributed by atoms with Crippen LogP contribution in [0.5, 0.6) is 0 Å². The molecule has 1 aliphatic heterocycles. The number of hydrogen-bond acceptors (Lipinski definition) is 1. The lowest BCUT2D eigenvalue weighted by molar-refractivity contribution is -0.115. The largest absolute Gasteiger partial charge is 0.374 e. The van der Waals surface area contributed by atoms with Gasteiger partial charge in [0, 0.05) is 11.8 Å². The maximum absolute atomic E-state index is 5.22. The molecule has 1 atom stereocenters. The summed E-state index contributed by atoms with van der Waals surface area (Å²) in [7, 11) is 0. The van der Waals surface area contributed by atoms with Gasteiger partial charge in [-0.05, 0) is 6.92 Å². The molecule has 7 heavy (non-hydrogen) atoms. The number of alkyl halides is 1. The summed E-state index contributed by atoms with van der Waals surface area (Å²) in [6.45, 7) is 3.06. The Morgan fingerprint density at radius 2 is 2.43 bits per heavy atom. The van der Waals surface area contributed by atoms with Crippen LogP contribution in [0.2, 0.25) is 0 Å². The van der Waals surface area contributed by atoms with Gasteiger partial charge in [0.2, 0.25) is 0 Å². The summed E-state index contributed by atoms with van der Waals surface area (Å²) in [4.78, 5) is 0. The number of hydrogen-bond donors (Lipinski definition) is 0. The first-order valence-corrected chi connectivity index (χ1v) is 3.59. The Morgan fingerprint density at radius 3 is 2.43 bits per heavy atom. The molecule has 0 aromatic rings. The molecule has 1 saturated heterocycles. The van der Waals surface area contributed by atoms with Crippen LogP contribution < -0.4 is 0 Å². The molecular formula is C5H9BrO. The van der Waals surface area contributed by atoms with E-state index in [1.54, 1.807) is 0 Å². The number of rotatable bonds is 1. The zero-order valence-electron chi connectivity index (χ0n) is 4.41. The molecule has 1 heterocycles. The van der Waals surface area contributed by atoms with Crippen molar-refractivity contribution >= 4 is 15.9 Å². The van der Waals surface area contributed by atoms with Crippen LogP contribution in [0.1, 0.15) is 13.3 Å². The second-order valence-electron chi connectivity index (χ2n) is 2.18. The van der Waals surface area contributed by atoms with Crippen molar-refractivity contribution in [1.29, 1.82) is 0 Å². The van der Waals surface area contributed by atoms with Crippen LogP contribution in [0.3, 0.4) is 0 Å². The lowest BCUT2D eigenvalue weighted by Gasteiger charge is -2.36. The predicted molar refractivity (Wildman–Crippen MR) is 32.8 cm³/mol. The van der Waals surface area contributed by atoms with E-state index in [0.29, 0.717) is 0 Å². The molecular weight excluding hydrogens is 156 g/mol. The first kappa shape index (κ1) is 5.57. The minimum Gasteiger partial charge on any atom is -0.374 e. The smallest absolute Gasteiger partial charge is 0.0772 e. The normalized spacial score (nSPS) is 40.3. The van der Waals surface area contributed by atoms with Gasteiger partial charge in [-0.2, -0.15) is 0 Å². The fourth-order valence-electron chi connectivity index (χ4n) is 0.556. The summed E-state index contributed by atoms with van der Waals surface area (Å²) in [6, 6.07) is 0. The van der Waals surface area contributed by atoms with Crippen LogP contribution in [-0.4, -0.2) is 17.5 Å². The maximum Gasteiger partial charge on any atom is 0.0772 e. The fourth-order valence-corrected chi connectivity index (χ4v) is 0.998. The van der Waals surface area contributed by atoms with Crippen molar-refractivity contribution in [3.63, 3.8) is 0 Å². The predicted octanol–water partition coefficient (Wildman–Crippen LogP) is 1.56. The standard InChI is InChI=1S/C5H9BrO/c1-5(4-6)2-3-7-5/h2-4H2,1H3/t5-/m0/s1. The zero-order chi connectivity index (χ0) is 5.33. The quantitative estimate of drug-likeness (QED) is 0.535. The topological polar surface area (TPSA) is 9.23 Å².